The molecule has 1 aliphatic rings. The molecular weight excluding hydrogens is 359 g/mol. The number of likely N-dealkylation sites (tertiary alicyclic amines) is 1. The average Bonchev–Trinajstić information content (AvgIpc) is 2.70. The first-order valence-electron chi connectivity index (χ1n) is 9.63. The van der Waals surface area contributed by atoms with E-state index in [2.05, 4.69) is 17.3 Å². The number of amides is 1. The zero-order valence-corrected chi connectivity index (χ0v) is 16.4. The molecule has 1 N–H and O–H groups in total. The van der Waals surface area contributed by atoms with Crippen molar-refractivity contribution in [3.63, 3.8) is 0 Å². The van der Waals surface area contributed by atoms with Crippen LogP contribution in [0.4, 0.5) is 4.39 Å². The summed E-state index contributed by atoms with van der Waals surface area (Å²) >= 11 is 0. The summed E-state index contributed by atoms with van der Waals surface area (Å²) in [7, 11) is 2.13. The van der Waals surface area contributed by atoms with Crippen molar-refractivity contribution in [3.8, 4) is 11.5 Å². The Bertz CT molecular complexity index is 756. The van der Waals surface area contributed by atoms with Crippen LogP contribution in [0.5, 0.6) is 11.5 Å². The summed E-state index contributed by atoms with van der Waals surface area (Å²) in [5.41, 5.74) is 0.984. The van der Waals surface area contributed by atoms with Crippen LogP contribution in [0.1, 0.15) is 25.3 Å². The molecular formula is C22H27FN2O3. The van der Waals surface area contributed by atoms with E-state index in [0.717, 1.165) is 37.2 Å². The number of carbonyl (C=O) groups excluding carboxylic acids is 1. The maximum atomic E-state index is 12.9. The predicted molar refractivity (Wildman–Crippen MR) is 106 cm³/mol. The molecule has 150 valence electrons. The molecule has 0 spiro atoms. The van der Waals surface area contributed by atoms with Gasteiger partial charge in [-0.3, -0.25) is 4.79 Å². The van der Waals surface area contributed by atoms with Crippen molar-refractivity contribution in [3.05, 3.63) is 59.9 Å². The first-order valence-corrected chi connectivity index (χ1v) is 9.63. The lowest BCUT2D eigenvalue weighted by Gasteiger charge is -2.29. The van der Waals surface area contributed by atoms with Crippen LogP contribution in [-0.4, -0.2) is 43.2 Å². The van der Waals surface area contributed by atoms with Crippen molar-refractivity contribution < 1.29 is 18.7 Å². The lowest BCUT2D eigenvalue weighted by Crippen LogP contribution is -2.36. The minimum absolute atomic E-state index is 0.226. The van der Waals surface area contributed by atoms with Gasteiger partial charge >= 0.3 is 0 Å². The quantitative estimate of drug-likeness (QED) is 0.793. The number of piperidine rings is 1. The van der Waals surface area contributed by atoms with Gasteiger partial charge in [-0.05, 0) is 68.8 Å². The van der Waals surface area contributed by atoms with Crippen LogP contribution in [0.25, 0.3) is 0 Å². The number of hydrogen-bond donors (Lipinski definition) is 1. The Morgan fingerprint density at radius 3 is 2.36 bits per heavy atom. The van der Waals surface area contributed by atoms with Gasteiger partial charge in [0.25, 0.3) is 5.91 Å². The number of ether oxygens (including phenoxy) is 2. The second-order valence-corrected chi connectivity index (χ2v) is 7.20. The highest BCUT2D eigenvalue weighted by atomic mass is 19.1. The summed E-state index contributed by atoms with van der Waals surface area (Å²) in [5, 5.41) is 2.85. The van der Waals surface area contributed by atoms with E-state index in [1.807, 2.05) is 24.3 Å². The number of rotatable bonds is 7. The molecule has 2 aromatic carbocycles. The number of nitrogens with zero attached hydrogens (tertiary/aromatic N) is 1. The van der Waals surface area contributed by atoms with E-state index < -0.39 is 6.10 Å². The third kappa shape index (κ3) is 5.96. The van der Waals surface area contributed by atoms with Gasteiger partial charge in [0.15, 0.2) is 6.10 Å². The lowest BCUT2D eigenvalue weighted by atomic mass is 10.1. The minimum Gasteiger partial charge on any atom is -0.490 e. The molecule has 6 heteroatoms. The summed E-state index contributed by atoms with van der Waals surface area (Å²) in [6.07, 6.45) is 1.68. The summed E-state index contributed by atoms with van der Waals surface area (Å²) in [6, 6.07) is 13.4. The van der Waals surface area contributed by atoms with Crippen LogP contribution in [-0.2, 0) is 11.3 Å². The Hall–Kier alpha value is -2.60. The SMILES string of the molecule is CC(Oc1ccc(F)cc1)C(=O)NCc1ccc(OC2CCN(C)CC2)cc1. The molecule has 0 bridgehead atoms. The van der Waals surface area contributed by atoms with Crippen LogP contribution >= 0.6 is 0 Å². The highest BCUT2D eigenvalue weighted by Gasteiger charge is 2.18. The third-order valence-electron chi connectivity index (χ3n) is 4.85. The molecule has 1 heterocycles. The van der Waals surface area contributed by atoms with E-state index in [9.17, 15) is 9.18 Å². The average molecular weight is 386 g/mol. The second-order valence-electron chi connectivity index (χ2n) is 7.20. The van der Waals surface area contributed by atoms with Crippen LogP contribution < -0.4 is 14.8 Å². The van der Waals surface area contributed by atoms with Gasteiger partial charge < -0.3 is 19.7 Å². The molecule has 1 aliphatic heterocycles. The van der Waals surface area contributed by atoms with E-state index in [4.69, 9.17) is 9.47 Å². The smallest absolute Gasteiger partial charge is 0.261 e. The lowest BCUT2D eigenvalue weighted by molar-refractivity contribution is -0.127. The zero-order valence-electron chi connectivity index (χ0n) is 16.4. The Balaban J connectivity index is 1.43. The third-order valence-corrected chi connectivity index (χ3v) is 4.85. The zero-order chi connectivity index (χ0) is 19.9. The summed E-state index contributed by atoms with van der Waals surface area (Å²) in [4.78, 5) is 14.5. The topological polar surface area (TPSA) is 50.8 Å². The molecule has 1 atom stereocenters. The molecule has 0 aromatic heterocycles. The molecule has 0 aliphatic carbocycles. The Morgan fingerprint density at radius 2 is 1.71 bits per heavy atom. The van der Waals surface area contributed by atoms with Crippen LogP contribution in [0.3, 0.4) is 0 Å². The molecule has 1 fully saturated rings. The number of nitrogens with one attached hydrogen (secondary N) is 1. The van der Waals surface area contributed by atoms with E-state index in [0.29, 0.717) is 12.3 Å². The van der Waals surface area contributed by atoms with E-state index in [1.54, 1.807) is 6.92 Å². The molecule has 1 unspecified atom stereocenters. The van der Waals surface area contributed by atoms with Crippen LogP contribution in [0, 0.1) is 5.82 Å². The molecule has 3 rings (SSSR count). The van der Waals surface area contributed by atoms with Gasteiger partial charge in [0.1, 0.15) is 23.4 Å². The first-order chi connectivity index (χ1) is 13.5. The fourth-order valence-corrected chi connectivity index (χ4v) is 3.08. The first kappa shape index (κ1) is 20.1. The van der Waals surface area contributed by atoms with Crippen molar-refractivity contribution in [2.75, 3.05) is 20.1 Å². The molecule has 1 amide bonds. The number of carbonyl (C=O) groups is 1. The Kier molecular flexibility index (Phi) is 6.87. The highest BCUT2D eigenvalue weighted by molar-refractivity contribution is 5.80. The van der Waals surface area contributed by atoms with Crippen LogP contribution in [0.2, 0.25) is 0 Å². The van der Waals surface area contributed by atoms with Gasteiger partial charge in [0.2, 0.25) is 0 Å². The number of benzene rings is 2. The molecule has 2 aromatic rings. The fraction of sp³-hybridized carbons (Fsp3) is 0.409. The maximum absolute atomic E-state index is 12.9. The standard InChI is InChI=1S/C22H27FN2O3/c1-16(27-19-9-5-18(23)6-10-19)22(26)24-15-17-3-7-20(8-4-17)28-21-11-13-25(2)14-12-21/h3-10,16,21H,11-15H2,1-2H3,(H,24,26). The molecule has 1 saturated heterocycles. The summed E-state index contributed by atoms with van der Waals surface area (Å²) in [6.45, 7) is 4.20. The summed E-state index contributed by atoms with van der Waals surface area (Å²) < 4.78 is 24.5. The molecule has 0 saturated carbocycles. The Labute approximate surface area is 165 Å². The van der Waals surface area contributed by atoms with Gasteiger partial charge in [-0.1, -0.05) is 12.1 Å². The number of hydrogen-bond acceptors (Lipinski definition) is 4. The highest BCUT2D eigenvalue weighted by Crippen LogP contribution is 2.19. The van der Waals surface area contributed by atoms with Gasteiger partial charge in [0, 0.05) is 19.6 Å². The van der Waals surface area contributed by atoms with Gasteiger partial charge in [-0.2, -0.15) is 0 Å². The largest absolute Gasteiger partial charge is 0.490 e. The molecule has 5 nitrogen and oxygen atoms in total. The van der Waals surface area contributed by atoms with Crippen LogP contribution in [0.15, 0.2) is 48.5 Å². The van der Waals surface area contributed by atoms with E-state index >= 15 is 0 Å². The Morgan fingerprint density at radius 1 is 1.11 bits per heavy atom. The van der Waals surface area contributed by atoms with Crippen molar-refractivity contribution in [2.24, 2.45) is 0 Å². The predicted octanol–water partition coefficient (Wildman–Crippen LogP) is 3.38. The summed E-state index contributed by atoms with van der Waals surface area (Å²) in [5.74, 6) is 0.751. The number of halogens is 1. The van der Waals surface area contributed by atoms with E-state index in [1.165, 1.54) is 24.3 Å². The van der Waals surface area contributed by atoms with E-state index in [-0.39, 0.29) is 17.8 Å². The second kappa shape index (κ2) is 9.55. The maximum Gasteiger partial charge on any atom is 0.261 e. The van der Waals surface area contributed by atoms with Crippen molar-refractivity contribution in [1.29, 1.82) is 0 Å². The molecule has 0 radical (unpaired) electrons. The minimum atomic E-state index is -0.669. The van der Waals surface area contributed by atoms with Gasteiger partial charge in [-0.25, -0.2) is 4.39 Å². The fourth-order valence-electron chi connectivity index (χ4n) is 3.08. The normalized spacial score (nSPS) is 16.4. The van der Waals surface area contributed by atoms with Crippen molar-refractivity contribution in [1.82, 2.24) is 10.2 Å². The molecule has 28 heavy (non-hydrogen) atoms. The van der Waals surface area contributed by atoms with Gasteiger partial charge in [0.05, 0.1) is 0 Å². The monoisotopic (exact) mass is 386 g/mol. The van der Waals surface area contributed by atoms with Crippen molar-refractivity contribution in [2.45, 2.75) is 38.5 Å². The van der Waals surface area contributed by atoms with Gasteiger partial charge in [-0.15, -0.1) is 0 Å². The van der Waals surface area contributed by atoms with Crippen molar-refractivity contribution >= 4 is 5.91 Å².